The predicted molar refractivity (Wildman–Crippen MR) is 42.2 cm³/mol. The topological polar surface area (TPSA) is 57.6 Å². The Labute approximate surface area is 70.5 Å². The second kappa shape index (κ2) is 2.64. The fourth-order valence-electron chi connectivity index (χ4n) is 1.36. The van der Waals surface area contributed by atoms with Gasteiger partial charge in [-0.25, -0.2) is 9.59 Å². The molecule has 1 aliphatic rings. The van der Waals surface area contributed by atoms with Gasteiger partial charge in [0.1, 0.15) is 11.5 Å². The van der Waals surface area contributed by atoms with E-state index < -0.39 is 11.5 Å². The van der Waals surface area contributed by atoms with Crippen molar-refractivity contribution in [3.8, 4) is 0 Å². The summed E-state index contributed by atoms with van der Waals surface area (Å²) in [5, 5.41) is 8.87. The lowest BCUT2D eigenvalue weighted by molar-refractivity contribution is -0.147. The van der Waals surface area contributed by atoms with Gasteiger partial charge in [0.15, 0.2) is 0 Å². The second-order valence-corrected chi connectivity index (χ2v) is 3.19. The molecule has 4 nitrogen and oxygen atoms in total. The summed E-state index contributed by atoms with van der Waals surface area (Å²) in [4.78, 5) is 22.6. The summed E-state index contributed by atoms with van der Waals surface area (Å²) in [5.74, 6) is 0.860. The van der Waals surface area contributed by atoms with Crippen LogP contribution < -0.4 is 0 Å². The average Bonchev–Trinajstić information content (AvgIpc) is 2.31. The van der Waals surface area contributed by atoms with Crippen molar-refractivity contribution in [1.82, 2.24) is 4.90 Å². The second-order valence-electron chi connectivity index (χ2n) is 3.19. The predicted octanol–water partition coefficient (Wildman–Crippen LogP) is 0.271. The van der Waals surface area contributed by atoms with Crippen LogP contribution in [0, 0.1) is 0 Å². The molecule has 0 amide bonds. The smallest absolute Gasteiger partial charge is 0.329 e. The van der Waals surface area contributed by atoms with Crippen molar-refractivity contribution in [2.45, 2.75) is 25.3 Å². The van der Waals surface area contributed by atoms with Crippen molar-refractivity contribution in [3.05, 3.63) is 5.70 Å². The van der Waals surface area contributed by atoms with E-state index in [-0.39, 0.29) is 0 Å². The van der Waals surface area contributed by atoms with Crippen LogP contribution in [0.5, 0.6) is 0 Å². The van der Waals surface area contributed by atoms with E-state index in [1.54, 1.807) is 19.9 Å². The molecular weight excluding hydrogens is 158 g/mol. The molecule has 1 fully saturated rings. The maximum absolute atomic E-state index is 10.8. The molecule has 1 heterocycles. The van der Waals surface area contributed by atoms with Gasteiger partial charge >= 0.3 is 5.97 Å². The SMILES string of the molecule is CN1C(=C=O)CC[C@@]1(C)C(=O)O. The van der Waals surface area contributed by atoms with Gasteiger partial charge < -0.3 is 10.0 Å². The van der Waals surface area contributed by atoms with Gasteiger partial charge in [-0.05, 0) is 13.3 Å². The van der Waals surface area contributed by atoms with E-state index in [0.29, 0.717) is 18.5 Å². The lowest BCUT2D eigenvalue weighted by atomic mass is 10.0. The molecule has 0 aliphatic carbocycles. The number of hydrogen-bond donors (Lipinski definition) is 1. The molecule has 0 aromatic heterocycles. The Bertz CT molecular complexity index is 267. The average molecular weight is 169 g/mol. The highest BCUT2D eigenvalue weighted by Gasteiger charge is 2.43. The van der Waals surface area contributed by atoms with E-state index in [1.807, 2.05) is 0 Å². The van der Waals surface area contributed by atoms with Gasteiger partial charge in [0.05, 0.1) is 5.70 Å². The quantitative estimate of drug-likeness (QED) is 0.572. The normalized spacial score (nSPS) is 28.8. The minimum absolute atomic E-state index is 0.444. The van der Waals surface area contributed by atoms with Gasteiger partial charge in [-0.3, -0.25) is 0 Å². The van der Waals surface area contributed by atoms with Gasteiger partial charge in [0.2, 0.25) is 0 Å². The van der Waals surface area contributed by atoms with Crippen LogP contribution in [0.15, 0.2) is 5.70 Å². The molecule has 0 spiro atoms. The van der Waals surface area contributed by atoms with Crippen LogP contribution in [-0.4, -0.2) is 34.5 Å². The number of likely N-dealkylation sites (N-methyl/N-ethyl adjacent to an activating group) is 1. The lowest BCUT2D eigenvalue weighted by Gasteiger charge is -2.28. The molecule has 1 aliphatic heterocycles. The molecule has 66 valence electrons. The summed E-state index contributed by atoms with van der Waals surface area (Å²) >= 11 is 0. The number of rotatable bonds is 1. The van der Waals surface area contributed by atoms with Crippen LogP contribution in [0.2, 0.25) is 0 Å². The number of carboxylic acids is 1. The number of carbonyl (C=O) groups is 1. The molecule has 1 N–H and O–H groups in total. The Morgan fingerprint density at radius 1 is 1.75 bits per heavy atom. The van der Waals surface area contributed by atoms with Crippen molar-refractivity contribution in [2.75, 3.05) is 7.05 Å². The number of carbonyl (C=O) groups excluding carboxylic acids is 1. The van der Waals surface area contributed by atoms with Gasteiger partial charge in [0.25, 0.3) is 0 Å². The molecule has 12 heavy (non-hydrogen) atoms. The summed E-state index contributed by atoms with van der Waals surface area (Å²) in [5.41, 5.74) is -0.480. The van der Waals surface area contributed by atoms with E-state index in [2.05, 4.69) is 0 Å². The number of likely N-dealkylation sites (tertiary alicyclic amines) is 1. The summed E-state index contributed by atoms with van der Waals surface area (Å²) in [6, 6.07) is 0. The van der Waals surface area contributed by atoms with Crippen LogP contribution in [0.3, 0.4) is 0 Å². The van der Waals surface area contributed by atoms with Crippen LogP contribution >= 0.6 is 0 Å². The van der Waals surface area contributed by atoms with Gasteiger partial charge in [-0.1, -0.05) is 0 Å². The first-order chi connectivity index (χ1) is 5.52. The summed E-state index contributed by atoms with van der Waals surface area (Å²) in [6.45, 7) is 1.61. The monoisotopic (exact) mass is 169 g/mol. The standard InChI is InChI=1S/C8H11NO3/c1-8(7(11)12)4-3-6(5-10)9(8)2/h3-4H2,1-2H3,(H,11,12)/t8-/m0/s1. The molecule has 0 unspecified atom stereocenters. The molecule has 0 saturated carbocycles. The third kappa shape index (κ3) is 1.01. The Kier molecular flexibility index (Phi) is 1.94. The number of allylic oxidation sites excluding steroid dienone is 1. The number of nitrogens with zero attached hydrogens (tertiary/aromatic N) is 1. The summed E-state index contributed by atoms with van der Waals surface area (Å²) in [7, 11) is 1.61. The molecule has 0 radical (unpaired) electrons. The Hall–Kier alpha value is -1.28. The fourth-order valence-corrected chi connectivity index (χ4v) is 1.36. The van der Waals surface area contributed by atoms with Crippen LogP contribution in [0.1, 0.15) is 19.8 Å². The number of hydrogen-bond acceptors (Lipinski definition) is 3. The number of carboxylic acid groups (broad SMARTS) is 1. The van der Waals surface area contributed by atoms with E-state index in [1.165, 1.54) is 4.90 Å². The van der Waals surface area contributed by atoms with E-state index in [9.17, 15) is 9.59 Å². The fraction of sp³-hybridized carbons (Fsp3) is 0.625. The summed E-state index contributed by atoms with van der Waals surface area (Å²) in [6.07, 6.45) is 0.978. The van der Waals surface area contributed by atoms with Crippen LogP contribution in [0.4, 0.5) is 0 Å². The van der Waals surface area contributed by atoms with Crippen molar-refractivity contribution < 1.29 is 14.7 Å². The minimum Gasteiger partial charge on any atom is -0.480 e. The van der Waals surface area contributed by atoms with Gasteiger partial charge in [-0.15, -0.1) is 0 Å². The number of aliphatic carboxylic acids is 1. The van der Waals surface area contributed by atoms with Gasteiger partial charge in [0, 0.05) is 13.5 Å². The third-order valence-corrected chi connectivity index (χ3v) is 2.57. The molecule has 0 aromatic rings. The molecule has 0 bridgehead atoms. The van der Waals surface area contributed by atoms with E-state index in [0.717, 1.165) is 0 Å². The Balaban J connectivity index is 3.00. The first kappa shape index (κ1) is 8.81. The van der Waals surface area contributed by atoms with Crippen LogP contribution in [-0.2, 0) is 9.59 Å². The molecule has 1 rings (SSSR count). The highest BCUT2D eigenvalue weighted by Crippen LogP contribution is 2.33. The molecule has 1 saturated heterocycles. The first-order valence-electron chi connectivity index (χ1n) is 3.73. The largest absolute Gasteiger partial charge is 0.480 e. The van der Waals surface area contributed by atoms with E-state index >= 15 is 0 Å². The Morgan fingerprint density at radius 3 is 2.58 bits per heavy atom. The highest BCUT2D eigenvalue weighted by atomic mass is 16.4. The zero-order chi connectivity index (χ0) is 9.35. The maximum Gasteiger partial charge on any atom is 0.329 e. The Morgan fingerprint density at radius 2 is 2.33 bits per heavy atom. The highest BCUT2D eigenvalue weighted by molar-refractivity contribution is 5.80. The summed E-state index contributed by atoms with van der Waals surface area (Å²) < 4.78 is 0. The van der Waals surface area contributed by atoms with E-state index in [4.69, 9.17) is 5.11 Å². The zero-order valence-electron chi connectivity index (χ0n) is 7.13. The first-order valence-corrected chi connectivity index (χ1v) is 3.73. The molecular formula is C8H11NO3. The third-order valence-electron chi connectivity index (χ3n) is 2.57. The van der Waals surface area contributed by atoms with Crippen molar-refractivity contribution in [3.63, 3.8) is 0 Å². The maximum atomic E-state index is 10.8. The minimum atomic E-state index is -0.924. The van der Waals surface area contributed by atoms with Crippen molar-refractivity contribution in [2.24, 2.45) is 0 Å². The van der Waals surface area contributed by atoms with Crippen LogP contribution in [0.25, 0.3) is 0 Å². The molecule has 1 atom stereocenters. The zero-order valence-corrected chi connectivity index (χ0v) is 7.13. The van der Waals surface area contributed by atoms with Gasteiger partial charge in [-0.2, -0.15) is 0 Å². The molecule has 4 heteroatoms. The lowest BCUT2D eigenvalue weighted by Crippen LogP contribution is -2.45. The molecule has 0 aromatic carbocycles. The van der Waals surface area contributed by atoms with Crippen molar-refractivity contribution >= 4 is 11.9 Å². The van der Waals surface area contributed by atoms with Crippen molar-refractivity contribution in [1.29, 1.82) is 0 Å².